The Labute approximate surface area is 78.0 Å². The molecule has 0 atom stereocenters. The van der Waals surface area contributed by atoms with Gasteiger partial charge in [0.05, 0.1) is 6.42 Å². The number of nitrogens with one attached hydrogen (secondary N) is 1. The number of carbonyl (C=O) groups is 2. The Hall–Kier alpha value is -1.31. The molecule has 0 aromatic carbocycles. The lowest BCUT2D eigenvalue weighted by molar-refractivity contribution is -0.151. The lowest BCUT2D eigenvalue weighted by Gasteiger charge is -2.16. The van der Waals surface area contributed by atoms with Crippen LogP contribution in [0.3, 0.4) is 0 Å². The molecule has 0 saturated heterocycles. The number of amides is 2. The standard InChI is InChI=1S/C6H10F3N3O2/c1-12(3-2-6(7,8)9)5(14)4(13)11-10/h2-3,10H2,1H3,(H,11,13). The topological polar surface area (TPSA) is 75.4 Å². The Bertz CT molecular complexity index is 229. The molecule has 0 saturated carbocycles. The van der Waals surface area contributed by atoms with Crippen molar-refractivity contribution in [2.75, 3.05) is 13.6 Å². The number of halogens is 3. The average Bonchev–Trinajstić information content (AvgIpc) is 2.10. The van der Waals surface area contributed by atoms with Gasteiger partial charge in [0.25, 0.3) is 0 Å². The minimum absolute atomic E-state index is 0.574. The molecule has 82 valence electrons. The molecule has 0 heterocycles. The second kappa shape index (κ2) is 4.80. The van der Waals surface area contributed by atoms with Gasteiger partial charge in [-0.15, -0.1) is 0 Å². The van der Waals surface area contributed by atoms with Gasteiger partial charge in [0.15, 0.2) is 0 Å². The Morgan fingerprint density at radius 3 is 2.29 bits per heavy atom. The molecular formula is C6H10F3N3O2. The SMILES string of the molecule is CN(CCC(F)(F)F)C(=O)C(=O)NN. The molecule has 0 rings (SSSR count). The number of nitrogens with zero attached hydrogens (tertiary/aromatic N) is 1. The molecule has 14 heavy (non-hydrogen) atoms. The molecule has 5 nitrogen and oxygen atoms in total. The number of alkyl halides is 3. The second-order valence-corrected chi connectivity index (χ2v) is 2.57. The zero-order valence-electron chi connectivity index (χ0n) is 7.39. The number of carbonyl (C=O) groups excluding carboxylic acids is 2. The monoisotopic (exact) mass is 213 g/mol. The number of hydrogen-bond donors (Lipinski definition) is 2. The fourth-order valence-corrected chi connectivity index (χ4v) is 0.631. The zero-order valence-corrected chi connectivity index (χ0v) is 7.39. The van der Waals surface area contributed by atoms with E-state index in [0.29, 0.717) is 4.90 Å². The van der Waals surface area contributed by atoms with Crippen LogP contribution in [0, 0.1) is 0 Å². The third-order valence-electron chi connectivity index (χ3n) is 1.40. The first-order valence-electron chi connectivity index (χ1n) is 3.60. The van der Waals surface area contributed by atoms with Gasteiger partial charge in [-0.2, -0.15) is 13.2 Å². The fourth-order valence-electron chi connectivity index (χ4n) is 0.631. The van der Waals surface area contributed by atoms with Crippen LogP contribution in [0.4, 0.5) is 13.2 Å². The number of nitrogens with two attached hydrogens (primary N) is 1. The van der Waals surface area contributed by atoms with Crippen LogP contribution in [0.2, 0.25) is 0 Å². The van der Waals surface area contributed by atoms with E-state index in [1.165, 1.54) is 5.43 Å². The summed E-state index contributed by atoms with van der Waals surface area (Å²) in [6, 6.07) is 0. The van der Waals surface area contributed by atoms with Crippen molar-refractivity contribution in [1.82, 2.24) is 10.3 Å². The molecule has 0 aromatic rings. The summed E-state index contributed by atoms with van der Waals surface area (Å²) in [6.45, 7) is -0.574. The van der Waals surface area contributed by atoms with Crippen molar-refractivity contribution in [3.05, 3.63) is 0 Å². The van der Waals surface area contributed by atoms with Crippen molar-refractivity contribution >= 4 is 11.8 Å². The molecule has 0 fully saturated rings. The van der Waals surface area contributed by atoms with Crippen LogP contribution in [0.5, 0.6) is 0 Å². The first-order chi connectivity index (χ1) is 6.28. The third kappa shape index (κ3) is 4.65. The van der Waals surface area contributed by atoms with Gasteiger partial charge in [0, 0.05) is 13.6 Å². The van der Waals surface area contributed by atoms with E-state index in [1.807, 2.05) is 0 Å². The Morgan fingerprint density at radius 1 is 1.43 bits per heavy atom. The number of likely N-dealkylation sites (N-methyl/N-ethyl adjacent to an activating group) is 1. The van der Waals surface area contributed by atoms with Crippen LogP contribution in [-0.2, 0) is 9.59 Å². The summed E-state index contributed by atoms with van der Waals surface area (Å²) in [5.41, 5.74) is 1.53. The number of hydrogen-bond acceptors (Lipinski definition) is 3. The van der Waals surface area contributed by atoms with Gasteiger partial charge < -0.3 is 4.90 Å². The normalized spacial score (nSPS) is 10.9. The van der Waals surface area contributed by atoms with E-state index >= 15 is 0 Å². The average molecular weight is 213 g/mol. The van der Waals surface area contributed by atoms with Gasteiger partial charge in [-0.25, -0.2) is 5.84 Å². The lowest BCUT2D eigenvalue weighted by atomic mass is 10.3. The summed E-state index contributed by atoms with van der Waals surface area (Å²) in [7, 11) is 1.09. The molecule has 3 N–H and O–H groups in total. The van der Waals surface area contributed by atoms with Gasteiger partial charge in [-0.05, 0) is 0 Å². The maximum Gasteiger partial charge on any atom is 0.390 e. The minimum Gasteiger partial charge on any atom is -0.337 e. The highest BCUT2D eigenvalue weighted by Gasteiger charge is 2.29. The summed E-state index contributed by atoms with van der Waals surface area (Å²) in [5.74, 6) is 2.38. The van der Waals surface area contributed by atoms with Gasteiger partial charge in [-0.3, -0.25) is 15.0 Å². The molecule has 0 unspecified atom stereocenters. The van der Waals surface area contributed by atoms with Crippen molar-refractivity contribution in [2.45, 2.75) is 12.6 Å². The van der Waals surface area contributed by atoms with Crippen molar-refractivity contribution in [1.29, 1.82) is 0 Å². The van der Waals surface area contributed by atoms with Crippen LogP contribution in [0.25, 0.3) is 0 Å². The third-order valence-corrected chi connectivity index (χ3v) is 1.40. The maximum atomic E-state index is 11.7. The number of rotatable bonds is 2. The van der Waals surface area contributed by atoms with Crippen LogP contribution >= 0.6 is 0 Å². The van der Waals surface area contributed by atoms with E-state index in [-0.39, 0.29) is 0 Å². The predicted octanol–water partition coefficient (Wildman–Crippen LogP) is -0.613. The van der Waals surface area contributed by atoms with Crippen LogP contribution < -0.4 is 11.3 Å². The van der Waals surface area contributed by atoms with E-state index in [2.05, 4.69) is 5.84 Å². The van der Waals surface area contributed by atoms with Gasteiger partial charge >= 0.3 is 18.0 Å². The van der Waals surface area contributed by atoms with E-state index in [9.17, 15) is 22.8 Å². The minimum atomic E-state index is -4.35. The molecule has 0 aromatic heterocycles. The fraction of sp³-hybridized carbons (Fsp3) is 0.667. The van der Waals surface area contributed by atoms with Crippen LogP contribution in [0.15, 0.2) is 0 Å². The first-order valence-corrected chi connectivity index (χ1v) is 3.60. The first kappa shape index (κ1) is 12.7. The number of hydrazine groups is 1. The highest BCUT2D eigenvalue weighted by Crippen LogP contribution is 2.19. The lowest BCUT2D eigenvalue weighted by Crippen LogP contribution is -2.44. The molecular weight excluding hydrogens is 203 g/mol. The van der Waals surface area contributed by atoms with Gasteiger partial charge in [0.2, 0.25) is 0 Å². The maximum absolute atomic E-state index is 11.7. The summed E-state index contributed by atoms with van der Waals surface area (Å²) >= 11 is 0. The van der Waals surface area contributed by atoms with Crippen molar-refractivity contribution in [3.63, 3.8) is 0 Å². The highest BCUT2D eigenvalue weighted by atomic mass is 19.4. The van der Waals surface area contributed by atoms with E-state index in [0.717, 1.165) is 7.05 Å². The summed E-state index contributed by atoms with van der Waals surface area (Å²) in [4.78, 5) is 22.1. The van der Waals surface area contributed by atoms with Crippen molar-refractivity contribution < 1.29 is 22.8 Å². The van der Waals surface area contributed by atoms with E-state index in [4.69, 9.17) is 0 Å². The second-order valence-electron chi connectivity index (χ2n) is 2.57. The van der Waals surface area contributed by atoms with Crippen molar-refractivity contribution in [3.8, 4) is 0 Å². The van der Waals surface area contributed by atoms with Crippen LogP contribution in [-0.4, -0.2) is 36.5 Å². The summed E-state index contributed by atoms with van der Waals surface area (Å²) in [5, 5.41) is 0. The summed E-state index contributed by atoms with van der Waals surface area (Å²) in [6.07, 6.45) is -5.51. The van der Waals surface area contributed by atoms with Gasteiger partial charge in [-0.1, -0.05) is 0 Å². The molecule has 0 spiro atoms. The molecule has 8 heteroatoms. The molecule has 0 aliphatic rings. The Kier molecular flexibility index (Phi) is 4.35. The van der Waals surface area contributed by atoms with Gasteiger partial charge in [0.1, 0.15) is 0 Å². The van der Waals surface area contributed by atoms with Crippen molar-refractivity contribution in [2.24, 2.45) is 5.84 Å². The summed E-state index contributed by atoms with van der Waals surface area (Å²) < 4.78 is 35.1. The Morgan fingerprint density at radius 2 is 1.93 bits per heavy atom. The predicted molar refractivity (Wildman–Crippen MR) is 40.6 cm³/mol. The quantitative estimate of drug-likeness (QED) is 0.278. The molecule has 0 radical (unpaired) electrons. The molecule has 0 aliphatic carbocycles. The van der Waals surface area contributed by atoms with E-state index < -0.39 is 31.0 Å². The molecule has 0 aliphatic heterocycles. The Balaban J connectivity index is 4.03. The molecule has 2 amide bonds. The van der Waals surface area contributed by atoms with Crippen LogP contribution in [0.1, 0.15) is 6.42 Å². The largest absolute Gasteiger partial charge is 0.390 e. The zero-order chi connectivity index (χ0) is 11.4. The highest BCUT2D eigenvalue weighted by molar-refractivity contribution is 6.34. The van der Waals surface area contributed by atoms with E-state index in [1.54, 1.807) is 0 Å². The molecule has 0 bridgehead atoms. The smallest absolute Gasteiger partial charge is 0.337 e.